The lowest BCUT2D eigenvalue weighted by Gasteiger charge is -2.11. The van der Waals surface area contributed by atoms with E-state index in [0.29, 0.717) is 24.9 Å². The Labute approximate surface area is 180 Å². The highest BCUT2D eigenvalue weighted by Gasteiger charge is 2.17. The van der Waals surface area contributed by atoms with E-state index in [-0.39, 0.29) is 11.7 Å². The molecule has 0 aliphatic rings. The number of hydrogen-bond acceptors (Lipinski definition) is 6. The number of nitrogens with one attached hydrogen (secondary N) is 1. The Kier molecular flexibility index (Phi) is 7.73. The van der Waals surface area contributed by atoms with Crippen molar-refractivity contribution in [2.24, 2.45) is 0 Å². The third-order valence-electron chi connectivity index (χ3n) is 4.24. The maximum absolute atomic E-state index is 12.4. The minimum absolute atomic E-state index is 0.105. The van der Waals surface area contributed by atoms with Crippen LogP contribution in [0.2, 0.25) is 0 Å². The fourth-order valence-electron chi connectivity index (χ4n) is 2.94. The molecule has 158 valence electrons. The number of rotatable bonds is 10. The van der Waals surface area contributed by atoms with Crippen LogP contribution in [0.5, 0.6) is 11.5 Å². The number of carbonyl (C=O) groups is 1. The number of nitrogens with zero attached hydrogens (tertiary/aromatic N) is 3. The molecule has 0 saturated carbocycles. The normalized spacial score (nSPS) is 10.6. The van der Waals surface area contributed by atoms with Crippen molar-refractivity contribution in [3.05, 3.63) is 48.5 Å². The number of thioether (sulfide) groups is 1. The molecule has 8 heteroatoms. The zero-order valence-corrected chi connectivity index (χ0v) is 18.2. The maximum atomic E-state index is 12.4. The van der Waals surface area contributed by atoms with E-state index in [9.17, 15) is 4.79 Å². The van der Waals surface area contributed by atoms with Crippen LogP contribution in [0.25, 0.3) is 11.4 Å². The predicted molar refractivity (Wildman–Crippen MR) is 119 cm³/mol. The van der Waals surface area contributed by atoms with E-state index in [4.69, 9.17) is 9.47 Å². The molecule has 0 unspecified atom stereocenters. The lowest BCUT2D eigenvalue weighted by atomic mass is 10.2. The van der Waals surface area contributed by atoms with E-state index in [1.54, 1.807) is 0 Å². The zero-order chi connectivity index (χ0) is 21.3. The maximum Gasteiger partial charge on any atom is 0.234 e. The Balaban J connectivity index is 1.67. The summed E-state index contributed by atoms with van der Waals surface area (Å²) in [6, 6.07) is 15.1. The second-order valence-corrected chi connectivity index (χ2v) is 7.22. The van der Waals surface area contributed by atoms with Crippen molar-refractivity contribution in [1.82, 2.24) is 14.8 Å². The summed E-state index contributed by atoms with van der Waals surface area (Å²) in [6.07, 6.45) is 0. The minimum atomic E-state index is -0.105. The largest absolute Gasteiger partial charge is 0.494 e. The van der Waals surface area contributed by atoms with Gasteiger partial charge in [0.15, 0.2) is 11.0 Å². The molecule has 0 spiro atoms. The Morgan fingerprint density at radius 3 is 2.43 bits per heavy atom. The van der Waals surface area contributed by atoms with Gasteiger partial charge in [-0.1, -0.05) is 23.9 Å². The van der Waals surface area contributed by atoms with Crippen molar-refractivity contribution >= 4 is 23.4 Å². The smallest absolute Gasteiger partial charge is 0.234 e. The van der Waals surface area contributed by atoms with E-state index in [1.807, 2.05) is 73.9 Å². The molecule has 0 aliphatic heterocycles. The molecular weight excluding hydrogens is 400 g/mol. The Morgan fingerprint density at radius 1 is 1.00 bits per heavy atom. The summed E-state index contributed by atoms with van der Waals surface area (Å²) < 4.78 is 13.1. The van der Waals surface area contributed by atoms with Gasteiger partial charge in [-0.3, -0.25) is 4.79 Å². The first kappa shape index (κ1) is 21.7. The molecule has 0 aliphatic carbocycles. The molecule has 7 nitrogen and oxygen atoms in total. The number of amides is 1. The first-order chi connectivity index (χ1) is 14.7. The van der Waals surface area contributed by atoms with Gasteiger partial charge in [0.25, 0.3) is 0 Å². The molecule has 0 bridgehead atoms. The number of carbonyl (C=O) groups excluding carboxylic acids is 1. The van der Waals surface area contributed by atoms with Crippen LogP contribution in [0.1, 0.15) is 20.8 Å². The highest BCUT2D eigenvalue weighted by atomic mass is 32.2. The van der Waals surface area contributed by atoms with Gasteiger partial charge in [0.1, 0.15) is 11.5 Å². The summed E-state index contributed by atoms with van der Waals surface area (Å²) in [4.78, 5) is 12.4. The molecule has 3 aromatic rings. The predicted octanol–water partition coefficient (Wildman–Crippen LogP) is 4.49. The molecule has 0 fully saturated rings. The van der Waals surface area contributed by atoms with Crippen molar-refractivity contribution < 1.29 is 14.3 Å². The van der Waals surface area contributed by atoms with E-state index in [0.717, 1.165) is 28.6 Å². The van der Waals surface area contributed by atoms with Crippen molar-refractivity contribution in [2.45, 2.75) is 32.5 Å². The molecule has 2 aromatic carbocycles. The molecule has 1 N–H and O–H groups in total. The number of hydrogen-bond donors (Lipinski definition) is 1. The summed E-state index contributed by atoms with van der Waals surface area (Å²) in [7, 11) is 0. The molecule has 1 heterocycles. The number of aromatic nitrogens is 3. The highest BCUT2D eigenvalue weighted by molar-refractivity contribution is 7.99. The Hall–Kier alpha value is -3.00. The third-order valence-corrected chi connectivity index (χ3v) is 5.21. The van der Waals surface area contributed by atoms with Crippen LogP contribution in [0, 0.1) is 0 Å². The second kappa shape index (κ2) is 10.7. The van der Waals surface area contributed by atoms with Crippen LogP contribution >= 0.6 is 11.8 Å². The van der Waals surface area contributed by atoms with Crippen LogP contribution in [0.15, 0.2) is 53.7 Å². The monoisotopic (exact) mass is 426 g/mol. The Bertz CT molecular complexity index is 973. The Morgan fingerprint density at radius 2 is 1.73 bits per heavy atom. The van der Waals surface area contributed by atoms with Crippen LogP contribution in [0.3, 0.4) is 0 Å². The summed E-state index contributed by atoms with van der Waals surface area (Å²) in [6.45, 7) is 7.78. The van der Waals surface area contributed by atoms with Gasteiger partial charge < -0.3 is 19.4 Å². The summed E-state index contributed by atoms with van der Waals surface area (Å²) in [5.74, 6) is 2.41. The van der Waals surface area contributed by atoms with Crippen molar-refractivity contribution in [3.63, 3.8) is 0 Å². The van der Waals surface area contributed by atoms with E-state index in [1.165, 1.54) is 11.8 Å². The number of anilines is 1. The second-order valence-electron chi connectivity index (χ2n) is 6.27. The SMILES string of the molecule is CCOc1ccc(NC(=O)CSc2nnc(-c3ccccc3OCC)n2CC)cc1. The first-order valence-corrected chi connectivity index (χ1v) is 11.0. The molecule has 3 rings (SSSR count). The average molecular weight is 427 g/mol. The van der Waals surface area contributed by atoms with E-state index < -0.39 is 0 Å². The minimum Gasteiger partial charge on any atom is -0.494 e. The summed E-state index contributed by atoms with van der Waals surface area (Å²) >= 11 is 1.36. The third kappa shape index (κ3) is 5.33. The standard InChI is InChI=1S/C22H26N4O3S/c1-4-26-21(18-9-7-8-10-19(18)29-6-3)24-25-22(26)30-15-20(27)23-16-11-13-17(14-12-16)28-5-2/h7-14H,4-6,15H2,1-3H3,(H,23,27). The van der Waals surface area contributed by atoms with E-state index >= 15 is 0 Å². The van der Waals surface area contributed by atoms with Gasteiger partial charge >= 0.3 is 0 Å². The van der Waals surface area contributed by atoms with Crippen LogP contribution in [-0.4, -0.2) is 39.6 Å². The highest BCUT2D eigenvalue weighted by Crippen LogP contribution is 2.31. The fourth-order valence-corrected chi connectivity index (χ4v) is 3.74. The zero-order valence-electron chi connectivity index (χ0n) is 17.4. The van der Waals surface area contributed by atoms with Crippen LogP contribution in [-0.2, 0) is 11.3 Å². The first-order valence-electron chi connectivity index (χ1n) is 9.97. The van der Waals surface area contributed by atoms with Gasteiger partial charge in [-0.25, -0.2) is 0 Å². The molecule has 1 amide bonds. The van der Waals surface area contributed by atoms with Gasteiger partial charge in [0.2, 0.25) is 5.91 Å². The lowest BCUT2D eigenvalue weighted by Crippen LogP contribution is -2.14. The fraction of sp³-hybridized carbons (Fsp3) is 0.318. The quantitative estimate of drug-likeness (QED) is 0.481. The molecule has 0 atom stereocenters. The van der Waals surface area contributed by atoms with Crippen LogP contribution < -0.4 is 14.8 Å². The molecule has 0 radical (unpaired) electrons. The van der Waals surface area contributed by atoms with E-state index in [2.05, 4.69) is 15.5 Å². The van der Waals surface area contributed by atoms with Crippen LogP contribution in [0.4, 0.5) is 5.69 Å². The lowest BCUT2D eigenvalue weighted by molar-refractivity contribution is -0.113. The number of para-hydroxylation sites is 1. The molecule has 0 saturated heterocycles. The number of benzene rings is 2. The van der Waals surface area contributed by atoms with Gasteiger partial charge in [-0.2, -0.15) is 0 Å². The van der Waals surface area contributed by atoms with Crippen molar-refractivity contribution in [1.29, 1.82) is 0 Å². The van der Waals surface area contributed by atoms with Gasteiger partial charge in [-0.05, 0) is 57.2 Å². The van der Waals surface area contributed by atoms with Gasteiger partial charge in [0.05, 0.1) is 24.5 Å². The average Bonchev–Trinajstić information content (AvgIpc) is 3.17. The molecule has 30 heavy (non-hydrogen) atoms. The van der Waals surface area contributed by atoms with Gasteiger partial charge in [-0.15, -0.1) is 10.2 Å². The number of ether oxygens (including phenoxy) is 2. The van der Waals surface area contributed by atoms with Gasteiger partial charge in [0, 0.05) is 12.2 Å². The topological polar surface area (TPSA) is 78.3 Å². The van der Waals surface area contributed by atoms with Crippen molar-refractivity contribution in [2.75, 3.05) is 24.3 Å². The molecular formula is C22H26N4O3S. The van der Waals surface area contributed by atoms with Crippen molar-refractivity contribution in [3.8, 4) is 22.9 Å². The summed E-state index contributed by atoms with van der Waals surface area (Å²) in [5, 5.41) is 12.2. The molecule has 1 aromatic heterocycles. The summed E-state index contributed by atoms with van der Waals surface area (Å²) in [5.41, 5.74) is 1.62.